The summed E-state index contributed by atoms with van der Waals surface area (Å²) in [6, 6.07) is 2.65. The molecule has 0 saturated carbocycles. The average molecular weight is 238 g/mol. The molecule has 1 fully saturated rings. The summed E-state index contributed by atoms with van der Waals surface area (Å²) in [4.78, 5) is 17.6. The average Bonchev–Trinajstić information content (AvgIpc) is 2.74. The van der Waals surface area contributed by atoms with E-state index in [4.69, 9.17) is 0 Å². The summed E-state index contributed by atoms with van der Waals surface area (Å²) in [5.74, 6) is -0.0751. The summed E-state index contributed by atoms with van der Waals surface area (Å²) in [7, 11) is 1.92. The van der Waals surface area contributed by atoms with Crippen molar-refractivity contribution in [1.29, 1.82) is 0 Å². The summed E-state index contributed by atoms with van der Waals surface area (Å²) in [5.41, 5.74) is 5.24. The topological polar surface area (TPSA) is 57.3 Å². The van der Waals surface area contributed by atoms with Crippen LogP contribution in [0.25, 0.3) is 0 Å². The molecule has 0 bridgehead atoms. The molecule has 0 radical (unpaired) electrons. The van der Waals surface area contributed by atoms with Crippen LogP contribution in [0.1, 0.15) is 12.8 Å². The molecule has 2 N–H and O–H groups in total. The van der Waals surface area contributed by atoms with E-state index in [0.29, 0.717) is 5.82 Å². The number of hydrogen-bond acceptors (Lipinski definition) is 4. The molecule has 6 heteroatoms. The van der Waals surface area contributed by atoms with Crippen LogP contribution in [0.4, 0.5) is 10.2 Å². The van der Waals surface area contributed by atoms with E-state index in [0.717, 1.165) is 25.6 Å². The van der Waals surface area contributed by atoms with Crippen molar-refractivity contribution >= 4 is 11.7 Å². The molecule has 1 aromatic heterocycles. The van der Waals surface area contributed by atoms with Crippen LogP contribution in [0.5, 0.6) is 0 Å². The fourth-order valence-electron chi connectivity index (χ4n) is 1.90. The molecule has 1 amide bonds. The number of rotatable bonds is 3. The minimum absolute atomic E-state index is 0.0869. The zero-order valence-corrected chi connectivity index (χ0v) is 9.61. The summed E-state index contributed by atoms with van der Waals surface area (Å²) < 4.78 is 12.6. The Morgan fingerprint density at radius 3 is 3.00 bits per heavy atom. The van der Waals surface area contributed by atoms with Gasteiger partial charge in [0.25, 0.3) is 5.91 Å². The molecule has 2 rings (SSSR count). The molecule has 0 aromatic carbocycles. The molecule has 1 saturated heterocycles. The fraction of sp³-hybridized carbons (Fsp3) is 0.455. The summed E-state index contributed by atoms with van der Waals surface area (Å²) in [6.07, 6.45) is 2.99. The van der Waals surface area contributed by atoms with Crippen LogP contribution in [0.2, 0.25) is 0 Å². The normalized spacial score (nSPS) is 20.2. The second kappa shape index (κ2) is 5.09. The highest BCUT2D eigenvalue weighted by Gasteiger charge is 2.27. The van der Waals surface area contributed by atoms with Gasteiger partial charge < -0.3 is 0 Å². The minimum Gasteiger partial charge on any atom is -0.295 e. The van der Waals surface area contributed by atoms with E-state index in [-0.39, 0.29) is 11.9 Å². The zero-order chi connectivity index (χ0) is 12.3. The lowest BCUT2D eigenvalue weighted by molar-refractivity contribution is -0.124. The molecule has 0 unspecified atom stereocenters. The highest BCUT2D eigenvalue weighted by atomic mass is 19.1. The third-order valence-corrected chi connectivity index (χ3v) is 2.86. The molecule has 1 aromatic rings. The number of likely N-dealkylation sites (N-methyl/N-ethyl adjacent to an activating group) is 1. The first-order chi connectivity index (χ1) is 8.16. The third-order valence-electron chi connectivity index (χ3n) is 2.86. The van der Waals surface area contributed by atoms with Gasteiger partial charge in [-0.1, -0.05) is 0 Å². The third kappa shape index (κ3) is 2.91. The predicted octanol–water partition coefficient (Wildman–Crippen LogP) is 0.758. The zero-order valence-electron chi connectivity index (χ0n) is 9.61. The van der Waals surface area contributed by atoms with Crippen LogP contribution in [-0.4, -0.2) is 35.4 Å². The van der Waals surface area contributed by atoms with Crippen LogP contribution >= 0.6 is 0 Å². The molecule has 1 atom stereocenters. The monoisotopic (exact) mass is 238 g/mol. The van der Waals surface area contributed by atoms with E-state index in [1.807, 2.05) is 11.9 Å². The Bertz CT molecular complexity index is 395. The van der Waals surface area contributed by atoms with Gasteiger partial charge in [0.1, 0.15) is 11.6 Å². The number of hydrogen-bond donors (Lipinski definition) is 2. The van der Waals surface area contributed by atoms with Crippen molar-refractivity contribution in [2.75, 3.05) is 19.0 Å². The highest BCUT2D eigenvalue weighted by molar-refractivity contribution is 5.82. The van der Waals surface area contributed by atoms with E-state index < -0.39 is 5.82 Å². The molecule has 17 heavy (non-hydrogen) atoms. The Morgan fingerprint density at radius 1 is 1.59 bits per heavy atom. The van der Waals surface area contributed by atoms with E-state index in [1.165, 1.54) is 12.1 Å². The number of halogens is 1. The Kier molecular flexibility index (Phi) is 3.53. The summed E-state index contributed by atoms with van der Waals surface area (Å²) in [6.45, 7) is 0.937. The van der Waals surface area contributed by atoms with Gasteiger partial charge in [-0.2, -0.15) is 0 Å². The van der Waals surface area contributed by atoms with E-state index in [2.05, 4.69) is 15.8 Å². The Morgan fingerprint density at radius 2 is 2.41 bits per heavy atom. The van der Waals surface area contributed by atoms with E-state index in [1.54, 1.807) is 0 Å². The number of hydrazine groups is 1. The number of nitrogens with one attached hydrogen (secondary N) is 2. The van der Waals surface area contributed by atoms with Crippen molar-refractivity contribution in [1.82, 2.24) is 15.3 Å². The number of pyridine rings is 1. The van der Waals surface area contributed by atoms with Gasteiger partial charge in [0, 0.05) is 0 Å². The Balaban J connectivity index is 1.85. The molecule has 0 aliphatic carbocycles. The lowest BCUT2D eigenvalue weighted by atomic mass is 10.2. The first kappa shape index (κ1) is 11.8. The van der Waals surface area contributed by atoms with Gasteiger partial charge >= 0.3 is 0 Å². The second-order valence-electron chi connectivity index (χ2n) is 4.11. The second-order valence-corrected chi connectivity index (χ2v) is 4.11. The van der Waals surface area contributed by atoms with Gasteiger partial charge in [0.05, 0.1) is 12.2 Å². The number of anilines is 1. The van der Waals surface area contributed by atoms with Crippen molar-refractivity contribution in [3.63, 3.8) is 0 Å². The summed E-state index contributed by atoms with van der Waals surface area (Å²) >= 11 is 0. The van der Waals surface area contributed by atoms with Crippen molar-refractivity contribution in [2.24, 2.45) is 0 Å². The number of likely N-dealkylation sites (tertiary alicyclic amines) is 1. The van der Waals surface area contributed by atoms with Crippen molar-refractivity contribution in [2.45, 2.75) is 18.9 Å². The molecule has 1 aliphatic rings. The van der Waals surface area contributed by atoms with Crippen molar-refractivity contribution in [3.8, 4) is 0 Å². The molecule has 5 nitrogen and oxygen atoms in total. The van der Waals surface area contributed by atoms with Gasteiger partial charge in [-0.15, -0.1) is 0 Å². The lowest BCUT2D eigenvalue weighted by Gasteiger charge is -2.18. The molecule has 0 spiro atoms. The van der Waals surface area contributed by atoms with Crippen LogP contribution in [0, 0.1) is 5.82 Å². The maximum Gasteiger partial charge on any atom is 0.255 e. The number of nitrogens with zero attached hydrogens (tertiary/aromatic N) is 2. The van der Waals surface area contributed by atoms with Gasteiger partial charge in [-0.05, 0) is 38.6 Å². The fourth-order valence-corrected chi connectivity index (χ4v) is 1.90. The Labute approximate surface area is 99.0 Å². The number of aromatic nitrogens is 1. The molecule has 92 valence electrons. The lowest BCUT2D eigenvalue weighted by Crippen LogP contribution is -2.43. The van der Waals surface area contributed by atoms with Gasteiger partial charge in [0.2, 0.25) is 0 Å². The smallest absolute Gasteiger partial charge is 0.255 e. The number of carbonyl (C=O) groups excluding carboxylic acids is 1. The van der Waals surface area contributed by atoms with Crippen LogP contribution < -0.4 is 10.9 Å². The van der Waals surface area contributed by atoms with Crippen LogP contribution in [-0.2, 0) is 4.79 Å². The van der Waals surface area contributed by atoms with Crippen LogP contribution in [0.15, 0.2) is 18.3 Å². The first-order valence-corrected chi connectivity index (χ1v) is 5.54. The maximum absolute atomic E-state index is 12.6. The first-order valence-electron chi connectivity index (χ1n) is 5.54. The molecular weight excluding hydrogens is 223 g/mol. The molecule has 2 heterocycles. The van der Waals surface area contributed by atoms with E-state index in [9.17, 15) is 9.18 Å². The maximum atomic E-state index is 12.6. The quantitative estimate of drug-likeness (QED) is 0.763. The Hall–Kier alpha value is -1.69. The number of amides is 1. The molecular formula is C11H15FN4O. The standard InChI is InChI=1S/C11H15FN4O/c1-16-6-2-3-9(16)11(17)15-14-10-5-4-8(12)7-13-10/h4-5,7,9H,2-3,6H2,1H3,(H,13,14)(H,15,17)/t9-/m1/s1. The van der Waals surface area contributed by atoms with Crippen molar-refractivity contribution in [3.05, 3.63) is 24.1 Å². The van der Waals surface area contributed by atoms with Gasteiger partial charge in [-0.3, -0.25) is 20.5 Å². The number of carbonyl (C=O) groups is 1. The van der Waals surface area contributed by atoms with E-state index >= 15 is 0 Å². The molecule has 1 aliphatic heterocycles. The predicted molar refractivity (Wildman–Crippen MR) is 61.6 cm³/mol. The largest absolute Gasteiger partial charge is 0.295 e. The van der Waals surface area contributed by atoms with Crippen LogP contribution in [0.3, 0.4) is 0 Å². The highest BCUT2D eigenvalue weighted by Crippen LogP contribution is 2.14. The van der Waals surface area contributed by atoms with Gasteiger partial charge in [0.15, 0.2) is 0 Å². The SMILES string of the molecule is CN1CCC[C@@H]1C(=O)NNc1ccc(F)cn1. The minimum atomic E-state index is -0.405. The summed E-state index contributed by atoms with van der Waals surface area (Å²) in [5, 5.41) is 0. The van der Waals surface area contributed by atoms with Gasteiger partial charge in [-0.25, -0.2) is 9.37 Å². The van der Waals surface area contributed by atoms with Crippen molar-refractivity contribution < 1.29 is 9.18 Å².